The molecule has 0 saturated carbocycles. The molecule has 3 rings (SSSR count). The molecule has 0 spiro atoms. The smallest absolute Gasteiger partial charge is 0.358 e. The first-order valence-electron chi connectivity index (χ1n) is 9.56. The van der Waals surface area contributed by atoms with Crippen molar-refractivity contribution in [3.8, 4) is 0 Å². The van der Waals surface area contributed by atoms with Gasteiger partial charge in [0, 0.05) is 17.0 Å². The second kappa shape index (κ2) is 9.47. The highest BCUT2D eigenvalue weighted by Gasteiger charge is 2.24. The average Bonchev–Trinajstić information content (AvgIpc) is 3.11. The molecule has 1 heterocycles. The molecular weight excluding hydrogens is 384 g/mol. The summed E-state index contributed by atoms with van der Waals surface area (Å²) in [5, 5.41) is 0.507. The number of aromatic nitrogens is 1. The van der Waals surface area contributed by atoms with Crippen molar-refractivity contribution in [1.82, 2.24) is 4.98 Å². The molecular formula is C23H24N2O3S. The molecule has 0 radical (unpaired) electrons. The van der Waals surface area contributed by atoms with E-state index in [4.69, 9.17) is 4.74 Å². The molecule has 0 aliphatic rings. The van der Waals surface area contributed by atoms with Crippen molar-refractivity contribution < 1.29 is 14.3 Å². The van der Waals surface area contributed by atoms with Crippen LogP contribution >= 0.6 is 11.3 Å². The van der Waals surface area contributed by atoms with Crippen molar-refractivity contribution in [3.05, 3.63) is 81.9 Å². The van der Waals surface area contributed by atoms with Crippen LogP contribution < -0.4 is 4.90 Å². The number of benzene rings is 2. The van der Waals surface area contributed by atoms with Gasteiger partial charge in [-0.15, -0.1) is 11.3 Å². The molecule has 0 aliphatic carbocycles. The Labute approximate surface area is 175 Å². The number of carbonyl (C=O) groups excluding carboxylic acids is 2. The molecule has 0 unspecified atom stereocenters. The Morgan fingerprint density at radius 3 is 2.38 bits per heavy atom. The van der Waals surface area contributed by atoms with Gasteiger partial charge < -0.3 is 4.74 Å². The van der Waals surface area contributed by atoms with Gasteiger partial charge in [-0.25, -0.2) is 9.78 Å². The molecule has 29 heavy (non-hydrogen) atoms. The number of esters is 1. The molecule has 5 nitrogen and oxygen atoms in total. The highest BCUT2D eigenvalue weighted by Crippen LogP contribution is 2.28. The van der Waals surface area contributed by atoms with Gasteiger partial charge in [-0.3, -0.25) is 9.69 Å². The number of carbonyl (C=O) groups is 2. The summed E-state index contributed by atoms with van der Waals surface area (Å²) in [6.07, 6.45) is 0.686. The molecule has 0 bridgehead atoms. The zero-order valence-corrected chi connectivity index (χ0v) is 17.7. The topological polar surface area (TPSA) is 59.5 Å². The van der Waals surface area contributed by atoms with E-state index in [-0.39, 0.29) is 18.2 Å². The van der Waals surface area contributed by atoms with Gasteiger partial charge >= 0.3 is 5.97 Å². The van der Waals surface area contributed by atoms with E-state index in [0.717, 1.165) is 16.0 Å². The van der Waals surface area contributed by atoms with Crippen molar-refractivity contribution >= 4 is 28.3 Å². The van der Waals surface area contributed by atoms with Crippen LogP contribution in [0.3, 0.4) is 0 Å². The zero-order chi connectivity index (χ0) is 20.8. The quantitative estimate of drug-likeness (QED) is 0.526. The van der Waals surface area contributed by atoms with Crippen LogP contribution in [0.1, 0.15) is 43.8 Å². The molecule has 0 N–H and O–H groups in total. The van der Waals surface area contributed by atoms with Crippen LogP contribution in [0.25, 0.3) is 0 Å². The third-order valence-electron chi connectivity index (χ3n) is 4.50. The molecule has 6 heteroatoms. The minimum Gasteiger partial charge on any atom is -0.461 e. The lowest BCUT2D eigenvalue weighted by Crippen LogP contribution is -2.33. The van der Waals surface area contributed by atoms with E-state index in [1.807, 2.05) is 68.4 Å². The molecule has 3 aromatic rings. The van der Waals surface area contributed by atoms with Gasteiger partial charge in [0.1, 0.15) is 0 Å². The van der Waals surface area contributed by atoms with Crippen LogP contribution in [0.5, 0.6) is 0 Å². The average molecular weight is 409 g/mol. The molecule has 1 amide bonds. The summed E-state index contributed by atoms with van der Waals surface area (Å²) in [6.45, 7) is 6.31. The van der Waals surface area contributed by atoms with Gasteiger partial charge in [-0.1, -0.05) is 48.0 Å². The van der Waals surface area contributed by atoms with Gasteiger partial charge in [0.25, 0.3) is 5.91 Å². The van der Waals surface area contributed by atoms with Crippen molar-refractivity contribution in [2.45, 2.75) is 27.2 Å². The normalized spacial score (nSPS) is 10.6. The van der Waals surface area contributed by atoms with Crippen LogP contribution in [0.15, 0.2) is 54.6 Å². The molecule has 0 aliphatic heterocycles. The molecule has 0 fully saturated rings. The van der Waals surface area contributed by atoms with E-state index >= 15 is 0 Å². The van der Waals surface area contributed by atoms with E-state index in [9.17, 15) is 9.59 Å². The Balaban J connectivity index is 1.91. The van der Waals surface area contributed by atoms with E-state index in [0.29, 0.717) is 23.7 Å². The van der Waals surface area contributed by atoms with Crippen LogP contribution in [-0.4, -0.2) is 30.0 Å². The number of aryl methyl sites for hydroxylation is 2. The van der Waals surface area contributed by atoms with E-state index < -0.39 is 5.97 Å². The third-order valence-corrected chi connectivity index (χ3v) is 5.49. The lowest BCUT2D eigenvalue weighted by molar-refractivity contribution is 0.0519. The summed E-state index contributed by atoms with van der Waals surface area (Å²) in [6, 6.07) is 17.5. The second-order valence-corrected chi connectivity index (χ2v) is 7.86. The Hall–Kier alpha value is -2.99. The molecule has 0 atom stereocenters. The number of anilines is 1. The maximum atomic E-state index is 13.3. The Morgan fingerprint density at radius 2 is 1.72 bits per heavy atom. The summed E-state index contributed by atoms with van der Waals surface area (Å²) in [5.41, 5.74) is 3.09. The van der Waals surface area contributed by atoms with Gasteiger partial charge in [0.2, 0.25) is 0 Å². The highest BCUT2D eigenvalue weighted by atomic mass is 32.1. The fraction of sp³-hybridized carbons (Fsp3) is 0.261. The maximum Gasteiger partial charge on any atom is 0.358 e. The number of hydrogen-bond donors (Lipinski definition) is 0. The van der Waals surface area contributed by atoms with Crippen LogP contribution in [0.4, 0.5) is 5.13 Å². The first-order valence-corrected chi connectivity index (χ1v) is 10.4. The predicted molar refractivity (Wildman–Crippen MR) is 116 cm³/mol. The number of ether oxygens (including phenoxy) is 1. The third kappa shape index (κ3) is 5.09. The number of amides is 1. The maximum absolute atomic E-state index is 13.3. The Morgan fingerprint density at radius 1 is 1.03 bits per heavy atom. The number of nitrogens with zero attached hydrogens (tertiary/aromatic N) is 2. The fourth-order valence-corrected chi connectivity index (χ4v) is 3.83. The zero-order valence-electron chi connectivity index (χ0n) is 16.8. The summed E-state index contributed by atoms with van der Waals surface area (Å²) < 4.78 is 5.09. The summed E-state index contributed by atoms with van der Waals surface area (Å²) in [7, 11) is 0. The summed E-state index contributed by atoms with van der Waals surface area (Å²) in [5.74, 6) is -0.594. The minimum absolute atomic E-state index is 0.134. The van der Waals surface area contributed by atoms with E-state index in [1.54, 1.807) is 11.8 Å². The predicted octanol–water partition coefficient (Wildman–Crippen LogP) is 4.83. The standard InChI is InChI=1S/C23H24N2O3S/c1-4-28-22(27)20-17(3)29-23(24-20)25(15-14-18-8-6-5-7-9-18)21(26)19-12-10-16(2)11-13-19/h5-13H,4,14-15H2,1-3H3. The largest absolute Gasteiger partial charge is 0.461 e. The first-order chi connectivity index (χ1) is 14.0. The summed E-state index contributed by atoms with van der Waals surface area (Å²) in [4.78, 5) is 32.3. The van der Waals surface area contributed by atoms with Crippen molar-refractivity contribution in [2.24, 2.45) is 0 Å². The second-order valence-electron chi connectivity index (χ2n) is 6.68. The van der Waals surface area contributed by atoms with Crippen molar-refractivity contribution in [3.63, 3.8) is 0 Å². The van der Waals surface area contributed by atoms with E-state index in [2.05, 4.69) is 4.98 Å². The van der Waals surface area contributed by atoms with Crippen molar-refractivity contribution in [1.29, 1.82) is 0 Å². The molecule has 2 aromatic carbocycles. The van der Waals surface area contributed by atoms with Crippen LogP contribution in [0.2, 0.25) is 0 Å². The van der Waals surface area contributed by atoms with Gasteiger partial charge in [-0.05, 0) is 44.9 Å². The van der Waals surface area contributed by atoms with Gasteiger partial charge in [-0.2, -0.15) is 0 Å². The lowest BCUT2D eigenvalue weighted by Gasteiger charge is -2.20. The number of hydrogen-bond acceptors (Lipinski definition) is 5. The van der Waals surface area contributed by atoms with Crippen LogP contribution in [-0.2, 0) is 11.2 Å². The first kappa shape index (κ1) is 20.7. The number of thiazole rings is 1. The van der Waals surface area contributed by atoms with Crippen molar-refractivity contribution in [2.75, 3.05) is 18.1 Å². The van der Waals surface area contributed by atoms with E-state index in [1.165, 1.54) is 11.3 Å². The lowest BCUT2D eigenvalue weighted by atomic mass is 10.1. The van der Waals surface area contributed by atoms with Gasteiger partial charge in [0.05, 0.1) is 6.61 Å². The summed E-state index contributed by atoms with van der Waals surface area (Å²) >= 11 is 1.33. The minimum atomic E-state index is -0.460. The molecule has 150 valence electrons. The Bertz CT molecular complexity index is 981. The highest BCUT2D eigenvalue weighted by molar-refractivity contribution is 7.16. The number of rotatable bonds is 7. The monoisotopic (exact) mass is 408 g/mol. The molecule has 1 aromatic heterocycles. The fourth-order valence-electron chi connectivity index (χ4n) is 2.91. The SMILES string of the molecule is CCOC(=O)c1nc(N(CCc2ccccc2)C(=O)c2ccc(C)cc2)sc1C. The van der Waals surface area contributed by atoms with Crippen LogP contribution in [0, 0.1) is 13.8 Å². The molecule has 0 saturated heterocycles. The van der Waals surface area contributed by atoms with Gasteiger partial charge in [0.15, 0.2) is 10.8 Å². The Kier molecular flexibility index (Phi) is 6.77.